The molecule has 2 aromatic rings. The monoisotopic (exact) mass is 404 g/mol. The van der Waals surface area contributed by atoms with Crippen LogP contribution in [-0.2, 0) is 4.74 Å². The van der Waals surface area contributed by atoms with Gasteiger partial charge in [-0.25, -0.2) is 4.39 Å². The van der Waals surface area contributed by atoms with Crippen LogP contribution in [0, 0.1) is 5.82 Å². The molecule has 4 nitrogen and oxygen atoms in total. The minimum atomic E-state index is -0.556. The molecule has 2 atom stereocenters. The van der Waals surface area contributed by atoms with E-state index in [1.165, 1.54) is 6.07 Å². The number of amides is 1. The molecular formula is C19H18BrFN2O2. The molecule has 0 radical (unpaired) electrons. The Morgan fingerprint density at radius 3 is 2.88 bits per heavy atom. The summed E-state index contributed by atoms with van der Waals surface area (Å²) in [6.45, 7) is 1.16. The second kappa shape index (κ2) is 6.77. The van der Waals surface area contributed by atoms with Crippen LogP contribution >= 0.6 is 15.9 Å². The molecule has 1 fully saturated rings. The largest absolute Gasteiger partial charge is 0.376 e. The lowest BCUT2D eigenvalue weighted by Crippen LogP contribution is -2.46. The first-order chi connectivity index (χ1) is 12.1. The second-order valence-corrected chi connectivity index (χ2v) is 7.27. The molecule has 6 heteroatoms. The molecule has 0 aliphatic carbocycles. The van der Waals surface area contributed by atoms with Crippen molar-refractivity contribution < 1.29 is 13.9 Å². The van der Waals surface area contributed by atoms with E-state index in [2.05, 4.69) is 21.2 Å². The van der Waals surface area contributed by atoms with Gasteiger partial charge in [0.05, 0.1) is 11.7 Å². The van der Waals surface area contributed by atoms with Gasteiger partial charge in [0.15, 0.2) is 0 Å². The van der Waals surface area contributed by atoms with Crippen molar-refractivity contribution in [2.45, 2.75) is 25.1 Å². The Hall–Kier alpha value is -1.92. The Balaban J connectivity index is 1.74. The van der Waals surface area contributed by atoms with Crippen molar-refractivity contribution in [3.05, 3.63) is 63.9 Å². The highest BCUT2D eigenvalue weighted by atomic mass is 79.9. The highest BCUT2D eigenvalue weighted by Gasteiger charge is 2.36. The van der Waals surface area contributed by atoms with E-state index < -0.39 is 6.17 Å². The maximum atomic E-state index is 14.6. The molecule has 0 bridgehead atoms. The number of hydrogen-bond donors (Lipinski definition) is 1. The fourth-order valence-corrected chi connectivity index (χ4v) is 3.79. The Labute approximate surface area is 154 Å². The standard InChI is InChI=1S/C19H18BrFN2O2/c20-12-7-8-14(16(21)10-12)18-22-17-6-2-1-5-15(17)19(24)23(18)11-13-4-3-9-25-13/h1-2,5-8,10,13,18,22H,3-4,9,11H2/t13-,18+/m0/s1. The molecule has 2 aliphatic heterocycles. The summed E-state index contributed by atoms with van der Waals surface area (Å²) in [7, 11) is 0. The number of carbonyl (C=O) groups is 1. The Morgan fingerprint density at radius 2 is 2.12 bits per heavy atom. The normalized spacial score (nSPS) is 22.6. The van der Waals surface area contributed by atoms with E-state index in [0.29, 0.717) is 28.8 Å². The van der Waals surface area contributed by atoms with E-state index in [0.717, 1.165) is 18.5 Å². The lowest BCUT2D eigenvalue weighted by atomic mass is 10.0. The zero-order valence-electron chi connectivity index (χ0n) is 13.5. The van der Waals surface area contributed by atoms with Crippen LogP contribution < -0.4 is 5.32 Å². The molecule has 0 spiro atoms. The molecule has 0 saturated carbocycles. The van der Waals surface area contributed by atoms with E-state index in [1.807, 2.05) is 18.2 Å². The molecule has 25 heavy (non-hydrogen) atoms. The average Bonchev–Trinajstić information content (AvgIpc) is 3.11. The third-order valence-corrected chi connectivity index (χ3v) is 5.20. The molecule has 0 aromatic heterocycles. The maximum Gasteiger partial charge on any atom is 0.257 e. The Morgan fingerprint density at radius 1 is 1.28 bits per heavy atom. The first kappa shape index (κ1) is 16.5. The number of para-hydroxylation sites is 1. The molecular weight excluding hydrogens is 387 g/mol. The van der Waals surface area contributed by atoms with Crippen LogP contribution in [0.4, 0.5) is 10.1 Å². The van der Waals surface area contributed by atoms with Crippen LogP contribution in [0.25, 0.3) is 0 Å². The van der Waals surface area contributed by atoms with Gasteiger partial charge in [0.25, 0.3) is 5.91 Å². The number of ether oxygens (including phenoxy) is 1. The summed E-state index contributed by atoms with van der Waals surface area (Å²) < 4.78 is 21.0. The minimum Gasteiger partial charge on any atom is -0.376 e. The van der Waals surface area contributed by atoms with Crippen LogP contribution in [0.1, 0.15) is 34.9 Å². The topological polar surface area (TPSA) is 41.6 Å². The summed E-state index contributed by atoms with van der Waals surface area (Å²) in [5.74, 6) is -0.450. The predicted molar refractivity (Wildman–Crippen MR) is 96.9 cm³/mol. The van der Waals surface area contributed by atoms with E-state index in [-0.39, 0.29) is 17.8 Å². The quantitative estimate of drug-likeness (QED) is 0.827. The van der Waals surface area contributed by atoms with Crippen molar-refractivity contribution in [2.75, 3.05) is 18.5 Å². The maximum absolute atomic E-state index is 14.6. The number of rotatable bonds is 3. The Bertz CT molecular complexity index is 808. The number of anilines is 1. The van der Waals surface area contributed by atoms with Crippen LogP contribution in [-0.4, -0.2) is 30.1 Å². The fraction of sp³-hybridized carbons (Fsp3) is 0.316. The van der Waals surface area contributed by atoms with Crippen LogP contribution in [0.5, 0.6) is 0 Å². The average molecular weight is 405 g/mol. The lowest BCUT2D eigenvalue weighted by Gasteiger charge is -2.39. The number of nitrogens with zero attached hydrogens (tertiary/aromatic N) is 1. The predicted octanol–water partition coefficient (Wildman–Crippen LogP) is 4.33. The van der Waals surface area contributed by atoms with Crippen molar-refractivity contribution in [1.82, 2.24) is 4.90 Å². The summed E-state index contributed by atoms with van der Waals surface area (Å²) in [5.41, 5.74) is 1.78. The van der Waals surface area contributed by atoms with Gasteiger partial charge in [-0.05, 0) is 37.1 Å². The van der Waals surface area contributed by atoms with Crippen LogP contribution in [0.3, 0.4) is 0 Å². The number of carbonyl (C=O) groups excluding carboxylic acids is 1. The zero-order valence-corrected chi connectivity index (χ0v) is 15.1. The molecule has 2 aromatic carbocycles. The van der Waals surface area contributed by atoms with Crippen molar-refractivity contribution >= 4 is 27.5 Å². The first-order valence-corrected chi connectivity index (χ1v) is 9.16. The third-order valence-electron chi connectivity index (χ3n) is 4.70. The molecule has 130 valence electrons. The smallest absolute Gasteiger partial charge is 0.257 e. The fourth-order valence-electron chi connectivity index (χ4n) is 3.46. The second-order valence-electron chi connectivity index (χ2n) is 6.35. The molecule has 1 saturated heterocycles. The highest BCUT2D eigenvalue weighted by molar-refractivity contribution is 9.10. The number of benzene rings is 2. The summed E-state index contributed by atoms with van der Waals surface area (Å²) in [6, 6.07) is 12.3. The summed E-state index contributed by atoms with van der Waals surface area (Å²) in [4.78, 5) is 14.8. The number of fused-ring (bicyclic) bond motifs is 1. The molecule has 1 N–H and O–H groups in total. The molecule has 4 rings (SSSR count). The molecule has 2 aliphatic rings. The number of hydrogen-bond acceptors (Lipinski definition) is 3. The van der Waals surface area contributed by atoms with Gasteiger partial charge in [-0.15, -0.1) is 0 Å². The van der Waals surface area contributed by atoms with Gasteiger partial charge in [0.2, 0.25) is 0 Å². The van der Waals surface area contributed by atoms with Gasteiger partial charge in [-0.2, -0.15) is 0 Å². The minimum absolute atomic E-state index is 0.00276. The van der Waals surface area contributed by atoms with Crippen molar-refractivity contribution in [3.8, 4) is 0 Å². The van der Waals surface area contributed by atoms with Gasteiger partial charge < -0.3 is 15.0 Å². The SMILES string of the molecule is O=C1c2ccccc2N[C@@H](c2ccc(Br)cc2F)N1C[C@@H]1CCCO1. The van der Waals surface area contributed by atoms with Crippen molar-refractivity contribution in [2.24, 2.45) is 0 Å². The summed E-state index contributed by atoms with van der Waals surface area (Å²) in [6.07, 6.45) is 1.35. The lowest BCUT2D eigenvalue weighted by molar-refractivity contribution is 0.0423. The number of halogens is 2. The van der Waals surface area contributed by atoms with E-state index in [1.54, 1.807) is 23.1 Å². The van der Waals surface area contributed by atoms with Gasteiger partial charge >= 0.3 is 0 Å². The van der Waals surface area contributed by atoms with Crippen molar-refractivity contribution in [3.63, 3.8) is 0 Å². The molecule has 2 heterocycles. The van der Waals surface area contributed by atoms with Crippen LogP contribution in [0.15, 0.2) is 46.9 Å². The van der Waals surface area contributed by atoms with E-state index in [9.17, 15) is 9.18 Å². The first-order valence-electron chi connectivity index (χ1n) is 8.36. The van der Waals surface area contributed by atoms with E-state index in [4.69, 9.17) is 4.74 Å². The van der Waals surface area contributed by atoms with Gasteiger partial charge in [0, 0.05) is 28.9 Å². The third kappa shape index (κ3) is 3.16. The summed E-state index contributed by atoms with van der Waals surface area (Å²) >= 11 is 3.28. The van der Waals surface area contributed by atoms with Gasteiger partial charge in [0.1, 0.15) is 12.0 Å². The molecule has 0 unspecified atom stereocenters. The van der Waals surface area contributed by atoms with Crippen LogP contribution in [0.2, 0.25) is 0 Å². The zero-order chi connectivity index (χ0) is 17.4. The number of nitrogens with one attached hydrogen (secondary N) is 1. The van der Waals surface area contributed by atoms with E-state index >= 15 is 0 Å². The van der Waals surface area contributed by atoms with Gasteiger partial charge in [-0.1, -0.05) is 34.1 Å². The van der Waals surface area contributed by atoms with Crippen molar-refractivity contribution in [1.29, 1.82) is 0 Å². The molecule has 1 amide bonds. The van der Waals surface area contributed by atoms with Gasteiger partial charge in [-0.3, -0.25) is 4.79 Å². The highest BCUT2D eigenvalue weighted by Crippen LogP contribution is 2.35. The Kier molecular flexibility index (Phi) is 4.48. The summed E-state index contributed by atoms with van der Waals surface area (Å²) in [5, 5.41) is 3.32.